The third-order valence-electron chi connectivity index (χ3n) is 2.17. The summed E-state index contributed by atoms with van der Waals surface area (Å²) in [6.07, 6.45) is 3.38. The minimum Gasteiger partial charge on any atom is -0.479 e. The molecule has 0 saturated heterocycles. The van der Waals surface area contributed by atoms with Gasteiger partial charge in [-0.05, 0) is 11.4 Å². The second-order valence-electron chi connectivity index (χ2n) is 3.29. The van der Waals surface area contributed by atoms with E-state index in [9.17, 15) is 4.79 Å². The third-order valence-corrected chi connectivity index (χ3v) is 3.11. The van der Waals surface area contributed by atoms with Gasteiger partial charge in [0, 0.05) is 24.3 Å². The predicted molar refractivity (Wildman–Crippen MR) is 61.5 cm³/mol. The van der Waals surface area contributed by atoms with Crippen LogP contribution < -0.4 is 5.32 Å². The highest BCUT2D eigenvalue weighted by Gasteiger charge is 2.21. The Morgan fingerprint density at radius 2 is 2.50 bits per heavy atom. The number of hydrogen-bond donors (Lipinski definition) is 2. The lowest BCUT2D eigenvalue weighted by Crippen LogP contribution is -2.21. The molecule has 2 aromatic rings. The van der Waals surface area contributed by atoms with Gasteiger partial charge in [-0.3, -0.25) is 0 Å². The standard InChI is InChI=1S/C10H11N3O2S/c1-13-5-4-11-10(13)12-8(9(14)15)7-3-2-6-16-7/h2-6,8H,1H3,(H,11,12)(H,14,15). The lowest BCUT2D eigenvalue weighted by molar-refractivity contribution is -0.138. The van der Waals surface area contributed by atoms with E-state index in [0.717, 1.165) is 4.88 Å². The molecule has 0 aromatic carbocycles. The molecule has 2 heterocycles. The number of aromatic nitrogens is 2. The summed E-state index contributed by atoms with van der Waals surface area (Å²) in [4.78, 5) is 15.9. The van der Waals surface area contributed by atoms with Crippen LogP contribution in [0.3, 0.4) is 0 Å². The predicted octanol–water partition coefficient (Wildman–Crippen LogP) is 1.72. The molecular weight excluding hydrogens is 226 g/mol. The fraction of sp³-hybridized carbons (Fsp3) is 0.200. The topological polar surface area (TPSA) is 67.2 Å². The van der Waals surface area contributed by atoms with Crippen molar-refractivity contribution in [1.29, 1.82) is 0 Å². The summed E-state index contributed by atoms with van der Waals surface area (Å²) in [5.74, 6) is -0.369. The number of nitrogens with one attached hydrogen (secondary N) is 1. The van der Waals surface area contributed by atoms with Gasteiger partial charge in [-0.1, -0.05) is 6.07 Å². The van der Waals surface area contributed by atoms with Gasteiger partial charge in [0.05, 0.1) is 0 Å². The van der Waals surface area contributed by atoms with Crippen LogP contribution in [0.2, 0.25) is 0 Å². The van der Waals surface area contributed by atoms with Gasteiger partial charge < -0.3 is 15.0 Å². The Kier molecular flexibility index (Phi) is 2.91. The summed E-state index contributed by atoms with van der Waals surface area (Å²) in [6.45, 7) is 0. The number of imidazole rings is 1. The zero-order valence-electron chi connectivity index (χ0n) is 8.62. The number of anilines is 1. The fourth-order valence-electron chi connectivity index (χ4n) is 1.34. The summed E-state index contributed by atoms with van der Waals surface area (Å²) in [5, 5.41) is 13.9. The van der Waals surface area contributed by atoms with Crippen LogP contribution in [0.1, 0.15) is 10.9 Å². The first-order valence-electron chi connectivity index (χ1n) is 4.68. The van der Waals surface area contributed by atoms with E-state index < -0.39 is 12.0 Å². The fourth-order valence-corrected chi connectivity index (χ4v) is 2.11. The number of hydrogen-bond acceptors (Lipinski definition) is 4. The highest BCUT2D eigenvalue weighted by molar-refractivity contribution is 7.10. The Hall–Kier alpha value is -1.82. The largest absolute Gasteiger partial charge is 0.479 e. The molecule has 0 radical (unpaired) electrons. The van der Waals surface area contributed by atoms with Gasteiger partial charge in [0.2, 0.25) is 5.95 Å². The van der Waals surface area contributed by atoms with Crippen molar-refractivity contribution in [3.63, 3.8) is 0 Å². The molecule has 5 nitrogen and oxygen atoms in total. The molecule has 0 aliphatic heterocycles. The maximum absolute atomic E-state index is 11.1. The molecule has 0 aliphatic carbocycles. The van der Waals surface area contributed by atoms with Gasteiger partial charge in [-0.2, -0.15) is 0 Å². The van der Waals surface area contributed by atoms with Crippen LogP contribution in [-0.4, -0.2) is 20.6 Å². The highest BCUT2D eigenvalue weighted by atomic mass is 32.1. The summed E-state index contributed by atoms with van der Waals surface area (Å²) in [6, 6.07) is 2.87. The highest BCUT2D eigenvalue weighted by Crippen LogP contribution is 2.22. The average molecular weight is 237 g/mol. The van der Waals surface area contributed by atoms with Crippen molar-refractivity contribution in [3.8, 4) is 0 Å². The van der Waals surface area contributed by atoms with Crippen molar-refractivity contribution < 1.29 is 9.90 Å². The van der Waals surface area contributed by atoms with Crippen LogP contribution in [0.4, 0.5) is 5.95 Å². The molecule has 2 N–H and O–H groups in total. The molecule has 6 heteroatoms. The lowest BCUT2D eigenvalue weighted by Gasteiger charge is -2.13. The van der Waals surface area contributed by atoms with E-state index in [-0.39, 0.29) is 0 Å². The molecule has 0 spiro atoms. The van der Waals surface area contributed by atoms with Gasteiger partial charge in [0.25, 0.3) is 0 Å². The zero-order chi connectivity index (χ0) is 11.5. The number of aryl methyl sites for hydroxylation is 1. The third kappa shape index (κ3) is 2.06. The van der Waals surface area contributed by atoms with Gasteiger partial charge in [0.15, 0.2) is 6.04 Å². The molecule has 1 atom stereocenters. The average Bonchev–Trinajstić information content (AvgIpc) is 2.85. The van der Waals surface area contributed by atoms with Crippen molar-refractivity contribution >= 4 is 23.3 Å². The van der Waals surface area contributed by atoms with E-state index in [1.54, 1.807) is 23.0 Å². The monoisotopic (exact) mass is 237 g/mol. The molecule has 0 bridgehead atoms. The number of aliphatic carboxylic acids is 1. The van der Waals surface area contributed by atoms with Crippen LogP contribution in [0.15, 0.2) is 29.9 Å². The van der Waals surface area contributed by atoms with Crippen LogP contribution in [-0.2, 0) is 11.8 Å². The normalized spacial score (nSPS) is 12.3. The first kappa shape index (κ1) is 10.7. The Morgan fingerprint density at radius 1 is 1.69 bits per heavy atom. The van der Waals surface area contributed by atoms with Crippen LogP contribution in [0.5, 0.6) is 0 Å². The molecule has 0 saturated carbocycles. The molecule has 2 rings (SSSR count). The molecular formula is C10H11N3O2S. The van der Waals surface area contributed by atoms with Crippen LogP contribution in [0, 0.1) is 0 Å². The number of nitrogens with zero attached hydrogens (tertiary/aromatic N) is 2. The minimum atomic E-state index is -0.912. The lowest BCUT2D eigenvalue weighted by atomic mass is 10.2. The van der Waals surface area contributed by atoms with E-state index in [1.165, 1.54) is 11.3 Å². The summed E-state index contributed by atoms with van der Waals surface area (Å²) in [7, 11) is 1.81. The van der Waals surface area contributed by atoms with E-state index in [1.807, 2.05) is 18.5 Å². The molecule has 0 aliphatic rings. The zero-order valence-corrected chi connectivity index (χ0v) is 9.44. The van der Waals surface area contributed by atoms with E-state index in [0.29, 0.717) is 5.95 Å². The Balaban J connectivity index is 2.22. The maximum atomic E-state index is 11.1. The van der Waals surface area contributed by atoms with Gasteiger partial charge in [0.1, 0.15) is 0 Å². The number of carbonyl (C=O) groups is 1. The molecule has 1 unspecified atom stereocenters. The SMILES string of the molecule is Cn1ccnc1NC(C(=O)O)c1cccs1. The molecule has 16 heavy (non-hydrogen) atoms. The van der Waals surface area contributed by atoms with Crippen LogP contribution >= 0.6 is 11.3 Å². The first-order valence-corrected chi connectivity index (χ1v) is 5.56. The quantitative estimate of drug-likeness (QED) is 0.849. The molecule has 2 aromatic heterocycles. The minimum absolute atomic E-state index is 0.542. The van der Waals surface area contributed by atoms with Crippen LogP contribution in [0.25, 0.3) is 0 Å². The second-order valence-corrected chi connectivity index (χ2v) is 4.27. The van der Waals surface area contributed by atoms with E-state index in [2.05, 4.69) is 10.3 Å². The Labute approximate surface area is 96.4 Å². The number of carboxylic acids is 1. The van der Waals surface area contributed by atoms with Crippen molar-refractivity contribution in [2.45, 2.75) is 6.04 Å². The smallest absolute Gasteiger partial charge is 0.331 e. The number of rotatable bonds is 4. The van der Waals surface area contributed by atoms with Crippen molar-refractivity contribution in [1.82, 2.24) is 9.55 Å². The molecule has 84 valence electrons. The Bertz CT molecular complexity index is 478. The first-order chi connectivity index (χ1) is 7.68. The van der Waals surface area contributed by atoms with Crippen molar-refractivity contribution in [3.05, 3.63) is 34.8 Å². The van der Waals surface area contributed by atoms with Crippen molar-refractivity contribution in [2.24, 2.45) is 7.05 Å². The van der Waals surface area contributed by atoms with Gasteiger partial charge >= 0.3 is 5.97 Å². The van der Waals surface area contributed by atoms with Crippen molar-refractivity contribution in [2.75, 3.05) is 5.32 Å². The molecule has 0 amide bonds. The number of thiophene rings is 1. The van der Waals surface area contributed by atoms with Gasteiger partial charge in [-0.15, -0.1) is 11.3 Å². The summed E-state index contributed by atoms with van der Waals surface area (Å²) >= 11 is 1.41. The Morgan fingerprint density at radius 3 is 3.00 bits per heavy atom. The number of carboxylic acid groups (broad SMARTS) is 1. The van der Waals surface area contributed by atoms with E-state index >= 15 is 0 Å². The second kappa shape index (κ2) is 4.36. The maximum Gasteiger partial charge on any atom is 0.331 e. The summed E-state index contributed by atoms with van der Waals surface area (Å²) in [5.41, 5.74) is 0. The molecule has 0 fully saturated rings. The summed E-state index contributed by atoms with van der Waals surface area (Å²) < 4.78 is 1.74. The van der Waals surface area contributed by atoms with Gasteiger partial charge in [-0.25, -0.2) is 9.78 Å². The van der Waals surface area contributed by atoms with E-state index in [4.69, 9.17) is 5.11 Å².